The van der Waals surface area contributed by atoms with Gasteiger partial charge < -0.3 is 9.67 Å². The predicted molar refractivity (Wildman–Crippen MR) is 73.2 cm³/mol. The number of aliphatic hydroxyl groups is 1. The summed E-state index contributed by atoms with van der Waals surface area (Å²) in [7, 11) is 0. The third-order valence-electron chi connectivity index (χ3n) is 4.17. The number of H-pyrrole nitrogens is 1. The molecule has 106 valence electrons. The summed E-state index contributed by atoms with van der Waals surface area (Å²) in [4.78, 5) is 25.5. The summed E-state index contributed by atoms with van der Waals surface area (Å²) < 4.78 is 1.58. The van der Waals surface area contributed by atoms with Gasteiger partial charge in [-0.3, -0.25) is 9.78 Å². The third kappa shape index (κ3) is 3.35. The second-order valence-electron chi connectivity index (χ2n) is 5.56. The monoisotopic (exact) mass is 266 g/mol. The first-order valence-electron chi connectivity index (χ1n) is 7.03. The zero-order valence-corrected chi connectivity index (χ0v) is 11.4. The molecule has 1 saturated carbocycles. The van der Waals surface area contributed by atoms with Crippen molar-refractivity contribution in [3.8, 4) is 0 Å². The largest absolute Gasteiger partial charge is 0.396 e. The zero-order valence-electron chi connectivity index (χ0n) is 11.4. The van der Waals surface area contributed by atoms with Crippen molar-refractivity contribution in [3.63, 3.8) is 0 Å². The first kappa shape index (κ1) is 14.1. The van der Waals surface area contributed by atoms with E-state index < -0.39 is 0 Å². The number of aryl methyl sites for hydroxylation is 1. The third-order valence-corrected chi connectivity index (χ3v) is 4.17. The molecule has 1 aliphatic rings. The average Bonchev–Trinajstić information content (AvgIpc) is 2.61. The molecule has 1 aliphatic carbocycles. The summed E-state index contributed by atoms with van der Waals surface area (Å²) in [5.41, 5.74) is -0.119. The molecule has 2 rings (SSSR count). The van der Waals surface area contributed by atoms with E-state index in [1.54, 1.807) is 17.7 Å². The summed E-state index contributed by atoms with van der Waals surface area (Å²) >= 11 is 0. The van der Waals surface area contributed by atoms with E-state index in [0.29, 0.717) is 18.0 Å². The van der Waals surface area contributed by atoms with Crippen LogP contribution in [0.1, 0.15) is 37.7 Å². The van der Waals surface area contributed by atoms with Crippen LogP contribution in [0.4, 0.5) is 0 Å². The van der Waals surface area contributed by atoms with Crippen LogP contribution in [0.3, 0.4) is 0 Å². The molecular formula is C14H22N2O3. The Labute approximate surface area is 112 Å². The minimum absolute atomic E-state index is 0.182. The Hall–Kier alpha value is -1.36. The Bertz CT molecular complexity index is 532. The van der Waals surface area contributed by atoms with Crippen LogP contribution in [0.15, 0.2) is 15.8 Å². The van der Waals surface area contributed by atoms with Gasteiger partial charge >= 0.3 is 5.69 Å². The predicted octanol–water partition coefficient (Wildman–Crippen LogP) is 1.03. The highest BCUT2D eigenvalue weighted by Gasteiger charge is 2.23. The van der Waals surface area contributed by atoms with Crippen molar-refractivity contribution < 1.29 is 5.11 Å². The molecule has 1 aromatic heterocycles. The Morgan fingerprint density at radius 3 is 2.63 bits per heavy atom. The van der Waals surface area contributed by atoms with E-state index in [-0.39, 0.29) is 23.8 Å². The van der Waals surface area contributed by atoms with E-state index >= 15 is 0 Å². The molecule has 0 spiro atoms. The van der Waals surface area contributed by atoms with E-state index in [4.69, 9.17) is 0 Å². The molecule has 0 aliphatic heterocycles. The van der Waals surface area contributed by atoms with Crippen molar-refractivity contribution in [3.05, 3.63) is 32.6 Å². The van der Waals surface area contributed by atoms with E-state index in [2.05, 4.69) is 4.98 Å². The molecule has 5 nitrogen and oxygen atoms in total. The standard InChI is InChI=1S/C14H22N2O3/c1-10-7-16(14(19)15-13(10)18)8-11-5-3-2-4-6-12(11)9-17/h7,11-12,17H,2-6,8-9H2,1H3,(H,15,18,19). The van der Waals surface area contributed by atoms with E-state index in [1.165, 1.54) is 6.42 Å². The van der Waals surface area contributed by atoms with Gasteiger partial charge in [0.05, 0.1) is 0 Å². The number of rotatable bonds is 3. The highest BCUT2D eigenvalue weighted by atomic mass is 16.3. The minimum atomic E-state index is -0.350. The van der Waals surface area contributed by atoms with Gasteiger partial charge in [0.15, 0.2) is 0 Å². The lowest BCUT2D eigenvalue weighted by molar-refractivity contribution is 0.154. The summed E-state index contributed by atoms with van der Waals surface area (Å²) in [6.07, 6.45) is 7.20. The van der Waals surface area contributed by atoms with Crippen molar-refractivity contribution >= 4 is 0 Å². The molecule has 0 radical (unpaired) electrons. The molecule has 1 heterocycles. The molecule has 0 bridgehead atoms. The normalized spacial score (nSPS) is 24.1. The number of aliphatic hydroxyl groups excluding tert-OH is 1. The molecule has 1 fully saturated rings. The van der Waals surface area contributed by atoms with Gasteiger partial charge in [0.1, 0.15) is 0 Å². The fourth-order valence-electron chi connectivity index (χ4n) is 2.95. The van der Waals surface area contributed by atoms with Gasteiger partial charge in [0.25, 0.3) is 5.56 Å². The molecule has 2 atom stereocenters. The van der Waals surface area contributed by atoms with Crippen molar-refractivity contribution in [1.82, 2.24) is 9.55 Å². The topological polar surface area (TPSA) is 75.1 Å². The number of nitrogens with one attached hydrogen (secondary N) is 1. The lowest BCUT2D eigenvalue weighted by Gasteiger charge is -2.23. The van der Waals surface area contributed by atoms with Gasteiger partial charge in [-0.15, -0.1) is 0 Å². The first-order valence-corrected chi connectivity index (χ1v) is 7.03. The fraction of sp³-hybridized carbons (Fsp3) is 0.714. The van der Waals surface area contributed by atoms with Crippen LogP contribution in [0.2, 0.25) is 0 Å². The van der Waals surface area contributed by atoms with Crippen LogP contribution in [0.25, 0.3) is 0 Å². The van der Waals surface area contributed by atoms with Crippen LogP contribution in [-0.2, 0) is 6.54 Å². The molecule has 2 unspecified atom stereocenters. The maximum atomic E-state index is 11.8. The van der Waals surface area contributed by atoms with Crippen molar-refractivity contribution in [2.24, 2.45) is 11.8 Å². The van der Waals surface area contributed by atoms with E-state index in [1.807, 2.05) is 0 Å². The van der Waals surface area contributed by atoms with E-state index in [0.717, 1.165) is 25.7 Å². The Balaban J connectivity index is 2.21. The highest BCUT2D eigenvalue weighted by molar-refractivity contribution is 5.00. The molecular weight excluding hydrogens is 244 g/mol. The maximum absolute atomic E-state index is 11.8. The Morgan fingerprint density at radius 1 is 1.26 bits per heavy atom. The van der Waals surface area contributed by atoms with Gasteiger partial charge in [-0.2, -0.15) is 0 Å². The molecule has 0 saturated heterocycles. The van der Waals surface area contributed by atoms with Crippen molar-refractivity contribution in [2.45, 2.75) is 45.6 Å². The smallest absolute Gasteiger partial charge is 0.328 e. The number of nitrogens with zero attached hydrogens (tertiary/aromatic N) is 1. The van der Waals surface area contributed by atoms with Gasteiger partial charge in [0, 0.05) is 24.9 Å². The summed E-state index contributed by atoms with van der Waals surface area (Å²) in [5, 5.41) is 9.49. The van der Waals surface area contributed by atoms with Crippen LogP contribution in [0, 0.1) is 18.8 Å². The molecule has 2 N–H and O–H groups in total. The number of aromatic nitrogens is 2. The number of hydrogen-bond donors (Lipinski definition) is 2. The second kappa shape index (κ2) is 6.19. The Morgan fingerprint density at radius 2 is 1.95 bits per heavy atom. The number of aromatic amines is 1. The highest BCUT2D eigenvalue weighted by Crippen LogP contribution is 2.29. The minimum Gasteiger partial charge on any atom is -0.396 e. The van der Waals surface area contributed by atoms with Gasteiger partial charge in [-0.05, 0) is 31.6 Å². The molecule has 0 amide bonds. The molecule has 5 heteroatoms. The zero-order chi connectivity index (χ0) is 13.8. The average molecular weight is 266 g/mol. The molecule has 0 aromatic carbocycles. The van der Waals surface area contributed by atoms with Crippen LogP contribution in [0.5, 0.6) is 0 Å². The molecule has 19 heavy (non-hydrogen) atoms. The van der Waals surface area contributed by atoms with Crippen molar-refractivity contribution in [1.29, 1.82) is 0 Å². The second-order valence-corrected chi connectivity index (χ2v) is 5.56. The summed E-state index contributed by atoms with van der Waals surface area (Å²) in [5.74, 6) is 0.581. The van der Waals surface area contributed by atoms with Crippen LogP contribution < -0.4 is 11.2 Å². The van der Waals surface area contributed by atoms with Gasteiger partial charge in [-0.25, -0.2) is 4.79 Å². The molecule has 1 aromatic rings. The van der Waals surface area contributed by atoms with E-state index in [9.17, 15) is 14.7 Å². The SMILES string of the molecule is Cc1cn(CC2CCCCCC2CO)c(=O)[nH]c1=O. The Kier molecular flexibility index (Phi) is 4.58. The first-order chi connectivity index (χ1) is 9.11. The number of hydrogen-bond acceptors (Lipinski definition) is 3. The van der Waals surface area contributed by atoms with Gasteiger partial charge in [0.2, 0.25) is 0 Å². The van der Waals surface area contributed by atoms with Crippen molar-refractivity contribution in [2.75, 3.05) is 6.61 Å². The summed E-state index contributed by atoms with van der Waals surface area (Å²) in [6.45, 7) is 2.47. The quantitative estimate of drug-likeness (QED) is 0.802. The summed E-state index contributed by atoms with van der Waals surface area (Å²) in [6, 6.07) is 0. The lowest BCUT2D eigenvalue weighted by atomic mass is 9.88. The van der Waals surface area contributed by atoms with Crippen LogP contribution >= 0.6 is 0 Å². The maximum Gasteiger partial charge on any atom is 0.328 e. The lowest BCUT2D eigenvalue weighted by Crippen LogP contribution is -2.34. The fourth-order valence-corrected chi connectivity index (χ4v) is 2.95. The van der Waals surface area contributed by atoms with Crippen LogP contribution in [-0.4, -0.2) is 21.3 Å². The van der Waals surface area contributed by atoms with Gasteiger partial charge in [-0.1, -0.05) is 19.3 Å².